The van der Waals surface area contributed by atoms with Crippen LogP contribution in [0.25, 0.3) is 10.9 Å². The number of ketones is 1. The summed E-state index contributed by atoms with van der Waals surface area (Å²) in [5, 5.41) is 5.98. The number of amides is 3. The molecule has 4 rings (SSSR count). The number of H-pyrrole nitrogens is 1. The van der Waals surface area contributed by atoms with Gasteiger partial charge in [-0.3, -0.25) is 19.2 Å². The number of rotatable bonds is 12. The maximum atomic E-state index is 14.1. The quantitative estimate of drug-likeness (QED) is 0.307. The Morgan fingerprint density at radius 2 is 1.83 bits per heavy atom. The Labute approximate surface area is 235 Å². The second-order valence-corrected chi connectivity index (χ2v) is 10.0. The van der Waals surface area contributed by atoms with Crippen molar-refractivity contribution in [2.24, 2.45) is 5.92 Å². The van der Waals surface area contributed by atoms with Gasteiger partial charge in [0.15, 0.2) is 23.2 Å². The van der Waals surface area contributed by atoms with Gasteiger partial charge in [0.1, 0.15) is 18.1 Å². The first-order valence-electron chi connectivity index (χ1n) is 13.2. The van der Waals surface area contributed by atoms with Gasteiger partial charge in [-0.05, 0) is 57.0 Å². The van der Waals surface area contributed by atoms with Gasteiger partial charge in [0, 0.05) is 29.4 Å². The molecule has 3 amide bonds. The monoisotopic (exact) mass is 570 g/mol. The van der Waals surface area contributed by atoms with Crippen LogP contribution in [0.4, 0.5) is 8.78 Å². The van der Waals surface area contributed by atoms with Crippen molar-refractivity contribution in [3.63, 3.8) is 0 Å². The molecule has 2 atom stereocenters. The number of ether oxygens (including phenoxy) is 2. The van der Waals surface area contributed by atoms with Crippen molar-refractivity contribution in [3.05, 3.63) is 59.8 Å². The first-order valence-corrected chi connectivity index (χ1v) is 13.2. The van der Waals surface area contributed by atoms with Crippen LogP contribution >= 0.6 is 0 Å². The standard InChI is InChI=1S/C29H32F2N4O6/c1-16(2)35(26(37)14-33-29(39)22-13-18-21(34-22)8-5-9-25(18)40-3)23(12-17-10-11-32-28(17)38)24(36)15-41-27-19(30)6-4-7-20(27)31/h4-9,13,16-17,23,34H,10-12,14-15H2,1-3H3,(H,32,38)(H,33,39)/t17-,23-/m0/s1. The molecule has 3 aromatic rings. The Bertz CT molecular complexity index is 1440. The highest BCUT2D eigenvalue weighted by Crippen LogP contribution is 2.27. The van der Waals surface area contributed by atoms with Gasteiger partial charge in [0.25, 0.3) is 5.91 Å². The fraction of sp³-hybridized carbons (Fsp3) is 0.379. The minimum Gasteiger partial charge on any atom is -0.496 e. The number of hydrogen-bond donors (Lipinski definition) is 3. The summed E-state index contributed by atoms with van der Waals surface area (Å²) in [6, 6.07) is 8.44. The van der Waals surface area contributed by atoms with Gasteiger partial charge in [-0.1, -0.05) is 12.1 Å². The first-order chi connectivity index (χ1) is 19.6. The van der Waals surface area contributed by atoms with E-state index in [1.54, 1.807) is 38.1 Å². The number of para-hydroxylation sites is 1. The molecule has 0 bridgehead atoms. The third kappa shape index (κ3) is 6.64. The van der Waals surface area contributed by atoms with E-state index in [0.717, 1.165) is 12.1 Å². The Hall–Kier alpha value is -4.48. The summed E-state index contributed by atoms with van der Waals surface area (Å²) in [6.07, 6.45) is 0.458. The lowest BCUT2D eigenvalue weighted by Gasteiger charge is -2.35. The molecule has 0 saturated carbocycles. The molecule has 2 heterocycles. The topological polar surface area (TPSA) is 130 Å². The van der Waals surface area contributed by atoms with Crippen molar-refractivity contribution in [2.45, 2.75) is 38.8 Å². The Kier molecular flexibility index (Phi) is 9.21. The van der Waals surface area contributed by atoms with Crippen molar-refractivity contribution >= 4 is 34.4 Å². The predicted octanol–water partition coefficient (Wildman–Crippen LogP) is 2.96. The molecule has 41 heavy (non-hydrogen) atoms. The lowest BCUT2D eigenvalue weighted by atomic mass is 9.93. The minimum absolute atomic E-state index is 0.00649. The number of aromatic amines is 1. The summed E-state index contributed by atoms with van der Waals surface area (Å²) in [4.78, 5) is 56.3. The molecule has 1 aromatic heterocycles. The fourth-order valence-corrected chi connectivity index (χ4v) is 4.99. The Morgan fingerprint density at radius 3 is 2.46 bits per heavy atom. The van der Waals surface area contributed by atoms with Gasteiger partial charge in [0.05, 0.1) is 19.7 Å². The average molecular weight is 571 g/mol. The average Bonchev–Trinajstić information content (AvgIpc) is 3.56. The van der Waals surface area contributed by atoms with Crippen molar-refractivity contribution < 1.29 is 37.4 Å². The van der Waals surface area contributed by atoms with Gasteiger partial charge in [-0.2, -0.15) is 0 Å². The molecule has 1 saturated heterocycles. The molecule has 10 nitrogen and oxygen atoms in total. The summed E-state index contributed by atoms with van der Waals surface area (Å²) in [5.41, 5.74) is 0.889. The van der Waals surface area contributed by atoms with E-state index in [1.807, 2.05) is 0 Å². The highest BCUT2D eigenvalue weighted by Gasteiger charge is 2.37. The molecule has 1 fully saturated rings. The van der Waals surface area contributed by atoms with Crippen LogP contribution in [0.5, 0.6) is 11.5 Å². The third-order valence-corrected chi connectivity index (χ3v) is 6.99. The lowest BCUT2D eigenvalue weighted by Crippen LogP contribution is -2.54. The zero-order valence-corrected chi connectivity index (χ0v) is 23.0. The SMILES string of the molecule is COc1cccc2[nH]c(C(=O)NCC(=O)N(C(C)C)[C@@H](C[C@@H]3CCNC3=O)C(=O)COc3c(F)cccc3F)cc12. The smallest absolute Gasteiger partial charge is 0.268 e. The lowest BCUT2D eigenvalue weighted by molar-refractivity contribution is -0.143. The first kappa shape index (κ1) is 29.5. The van der Waals surface area contributed by atoms with Crippen LogP contribution in [-0.2, 0) is 14.4 Å². The zero-order valence-electron chi connectivity index (χ0n) is 23.0. The van der Waals surface area contributed by atoms with Crippen LogP contribution in [0.2, 0.25) is 0 Å². The molecule has 12 heteroatoms. The van der Waals surface area contributed by atoms with E-state index in [1.165, 1.54) is 18.1 Å². The van der Waals surface area contributed by atoms with Gasteiger partial charge in [0.2, 0.25) is 11.8 Å². The summed E-state index contributed by atoms with van der Waals surface area (Å²) in [5.74, 6) is -4.62. The molecular weight excluding hydrogens is 538 g/mol. The van der Waals surface area contributed by atoms with Gasteiger partial charge < -0.3 is 30.0 Å². The van der Waals surface area contributed by atoms with Gasteiger partial charge in [-0.15, -0.1) is 0 Å². The zero-order chi connectivity index (χ0) is 29.7. The molecule has 1 aliphatic rings. The second kappa shape index (κ2) is 12.8. The molecule has 218 valence electrons. The Morgan fingerprint density at radius 1 is 1.12 bits per heavy atom. The predicted molar refractivity (Wildman–Crippen MR) is 146 cm³/mol. The number of carbonyl (C=O) groups is 4. The number of hydrogen-bond acceptors (Lipinski definition) is 6. The van der Waals surface area contributed by atoms with E-state index in [2.05, 4.69) is 15.6 Å². The van der Waals surface area contributed by atoms with E-state index >= 15 is 0 Å². The second-order valence-electron chi connectivity index (χ2n) is 10.0. The number of Topliss-reactive ketones (excluding diaryl/α,β-unsaturated/α-hetero) is 1. The number of nitrogens with zero attached hydrogens (tertiary/aromatic N) is 1. The molecule has 0 aliphatic carbocycles. The maximum absolute atomic E-state index is 14.1. The number of carbonyl (C=O) groups excluding carboxylic acids is 4. The maximum Gasteiger partial charge on any atom is 0.268 e. The largest absolute Gasteiger partial charge is 0.496 e. The number of nitrogens with one attached hydrogen (secondary N) is 3. The van der Waals surface area contributed by atoms with Crippen molar-refractivity contribution in [3.8, 4) is 11.5 Å². The van der Waals surface area contributed by atoms with E-state index in [-0.39, 0.29) is 18.0 Å². The summed E-state index contributed by atoms with van der Waals surface area (Å²) < 4.78 is 38.7. The molecule has 3 N–H and O–H groups in total. The molecule has 0 spiro atoms. The van der Waals surface area contributed by atoms with Crippen molar-refractivity contribution in [1.82, 2.24) is 20.5 Å². The molecule has 2 aromatic carbocycles. The molecule has 1 aliphatic heterocycles. The van der Waals surface area contributed by atoms with Gasteiger partial charge >= 0.3 is 0 Å². The normalized spacial score (nSPS) is 15.5. The highest BCUT2D eigenvalue weighted by molar-refractivity contribution is 6.01. The van der Waals surface area contributed by atoms with E-state index in [0.29, 0.717) is 29.6 Å². The van der Waals surface area contributed by atoms with Crippen LogP contribution < -0.4 is 20.1 Å². The van der Waals surface area contributed by atoms with Crippen LogP contribution in [0.15, 0.2) is 42.5 Å². The summed E-state index contributed by atoms with van der Waals surface area (Å²) in [7, 11) is 1.52. The fourth-order valence-electron chi connectivity index (χ4n) is 4.99. The van der Waals surface area contributed by atoms with E-state index < -0.39 is 66.1 Å². The van der Waals surface area contributed by atoms with Crippen LogP contribution in [0.3, 0.4) is 0 Å². The van der Waals surface area contributed by atoms with Crippen LogP contribution in [0, 0.1) is 17.6 Å². The number of halogens is 2. The van der Waals surface area contributed by atoms with Crippen LogP contribution in [-0.4, -0.2) is 72.3 Å². The number of aromatic nitrogens is 1. The molecule has 0 radical (unpaired) electrons. The molecular formula is C29H32F2N4O6. The Balaban J connectivity index is 1.51. The third-order valence-electron chi connectivity index (χ3n) is 6.99. The van der Waals surface area contributed by atoms with Gasteiger partial charge in [-0.25, -0.2) is 8.78 Å². The number of methoxy groups -OCH3 is 1. The summed E-state index contributed by atoms with van der Waals surface area (Å²) >= 11 is 0. The van der Waals surface area contributed by atoms with Crippen LogP contribution in [0.1, 0.15) is 37.2 Å². The summed E-state index contributed by atoms with van der Waals surface area (Å²) in [6.45, 7) is 2.65. The van der Waals surface area contributed by atoms with Crippen molar-refractivity contribution in [1.29, 1.82) is 0 Å². The number of benzene rings is 2. The molecule has 0 unspecified atom stereocenters. The highest BCUT2D eigenvalue weighted by atomic mass is 19.1. The minimum atomic E-state index is -1.14. The number of fused-ring (bicyclic) bond motifs is 1. The van der Waals surface area contributed by atoms with E-state index in [4.69, 9.17) is 9.47 Å². The van der Waals surface area contributed by atoms with Crippen molar-refractivity contribution in [2.75, 3.05) is 26.8 Å². The van der Waals surface area contributed by atoms with E-state index in [9.17, 15) is 28.0 Å².